The molecule has 21 nitrogen and oxygen atoms in total. The average molecular weight is 1080 g/mol. The van der Waals surface area contributed by atoms with Crippen molar-refractivity contribution in [2.75, 3.05) is 44.2 Å². The Hall–Kier alpha value is -6.27. The maximum atomic E-state index is 13.3. The van der Waals surface area contributed by atoms with E-state index in [1.165, 1.54) is 29.2 Å². The number of hydrogen-bond acceptors (Lipinski definition) is 13. The highest BCUT2D eigenvalue weighted by atomic mass is 32.2. The van der Waals surface area contributed by atoms with Crippen molar-refractivity contribution < 1.29 is 68.8 Å². The van der Waals surface area contributed by atoms with E-state index in [1.807, 2.05) is 65.0 Å². The first-order valence-electron chi connectivity index (χ1n) is 25.3. The zero-order chi connectivity index (χ0) is 55.0. The zero-order valence-corrected chi connectivity index (χ0v) is 45.0. The number of nitrogens with one attached hydrogen (secondary N) is 2. The van der Waals surface area contributed by atoms with Crippen LogP contribution < -0.4 is 21.4 Å². The number of amides is 5. The van der Waals surface area contributed by atoms with Crippen molar-refractivity contribution in [1.29, 1.82) is 0 Å². The Balaban J connectivity index is 0.967. The third-order valence-electron chi connectivity index (χ3n) is 14.0. The molecule has 2 unspecified atom stereocenters. The summed E-state index contributed by atoms with van der Waals surface area (Å²) in [4.78, 5) is 79.1. The standard InChI is InChI=1S/C52H69N7O14S2/c1-7-56-38-26-24-34(74(66,67)68)31-36(38)51(3,4)41(56)20-12-9-13-21-42-52(5,6)37-32-35(75(69,70)71)25-27-39(37)57(42)29-17-11-14-22-44(61)54-28-16-10-15-23-45(62)58-30-18-19-40(58)48(63)55-59(33-43(53)60)49(64)46-47(73-46)50(65)72-8-2/h9,12-13,20-21,24-27,31-32,40,46-47H,7-8,10-11,14-19,22-23,28-30,33H2,1-6H3,(H5-,53,54,55,60,61,63,66,67,68,69,70,71)/p+1/t40-,46?,47?/m0/s1. The second-order valence-electron chi connectivity index (χ2n) is 19.9. The number of likely N-dealkylation sites (N-methyl/N-ethyl adjacent to an activating group) is 1. The van der Waals surface area contributed by atoms with Gasteiger partial charge in [-0.1, -0.05) is 38.5 Å². The second-order valence-corrected chi connectivity index (χ2v) is 22.8. The molecule has 4 aliphatic heterocycles. The van der Waals surface area contributed by atoms with Crippen molar-refractivity contribution in [1.82, 2.24) is 20.7 Å². The van der Waals surface area contributed by atoms with E-state index in [1.54, 1.807) is 19.1 Å². The van der Waals surface area contributed by atoms with Gasteiger partial charge in [0.2, 0.25) is 23.4 Å². The van der Waals surface area contributed by atoms with Crippen LogP contribution in [0.2, 0.25) is 0 Å². The molecule has 0 aliphatic carbocycles. The molecule has 0 radical (unpaired) electrons. The Kier molecular flexibility index (Phi) is 18.7. The van der Waals surface area contributed by atoms with E-state index in [0.29, 0.717) is 82.6 Å². The summed E-state index contributed by atoms with van der Waals surface area (Å²) in [6.45, 7) is 13.0. The summed E-state index contributed by atoms with van der Waals surface area (Å²) in [5.41, 5.74) is 11.5. The molecule has 4 heterocycles. The van der Waals surface area contributed by atoms with E-state index in [9.17, 15) is 54.7 Å². The molecule has 0 aromatic heterocycles. The minimum absolute atomic E-state index is 0.0778. The van der Waals surface area contributed by atoms with Crippen molar-refractivity contribution in [3.63, 3.8) is 0 Å². The zero-order valence-electron chi connectivity index (χ0n) is 43.4. The third kappa shape index (κ3) is 13.8. The molecule has 23 heteroatoms. The number of carbonyl (C=O) groups excluding carboxylic acids is 6. The Morgan fingerprint density at radius 1 is 0.853 bits per heavy atom. The van der Waals surface area contributed by atoms with Crippen LogP contribution in [0.1, 0.15) is 117 Å². The molecule has 0 bridgehead atoms. The molecule has 0 spiro atoms. The van der Waals surface area contributed by atoms with Crippen molar-refractivity contribution in [2.24, 2.45) is 5.73 Å². The fraction of sp³-hybridized carbons (Fsp3) is 0.519. The van der Waals surface area contributed by atoms with Gasteiger partial charge in [-0.25, -0.2) is 9.80 Å². The number of allylic oxidation sites excluding steroid dienone is 6. The van der Waals surface area contributed by atoms with E-state index >= 15 is 0 Å². The molecule has 75 heavy (non-hydrogen) atoms. The molecule has 2 fully saturated rings. The van der Waals surface area contributed by atoms with Crippen LogP contribution in [0, 0.1) is 0 Å². The maximum Gasteiger partial charge on any atom is 0.338 e. The van der Waals surface area contributed by atoms with E-state index in [0.717, 1.165) is 40.3 Å². The lowest BCUT2D eigenvalue weighted by Crippen LogP contribution is -2.56. The van der Waals surface area contributed by atoms with Gasteiger partial charge in [0.1, 0.15) is 19.1 Å². The van der Waals surface area contributed by atoms with E-state index in [4.69, 9.17) is 15.2 Å². The first-order chi connectivity index (χ1) is 35.3. The molecule has 3 atom stereocenters. The number of fused-ring (bicyclic) bond motifs is 2. The Morgan fingerprint density at radius 3 is 2.19 bits per heavy atom. The van der Waals surface area contributed by atoms with Gasteiger partial charge in [0.15, 0.2) is 17.9 Å². The number of carbonyl (C=O) groups is 6. The number of hydrogen-bond donors (Lipinski definition) is 5. The van der Waals surface area contributed by atoms with E-state index in [2.05, 4.69) is 20.2 Å². The van der Waals surface area contributed by atoms with Gasteiger partial charge in [0.25, 0.3) is 32.1 Å². The van der Waals surface area contributed by atoms with Crippen molar-refractivity contribution in [3.8, 4) is 0 Å². The Bertz CT molecular complexity index is 2910. The monoisotopic (exact) mass is 1080 g/mol. The predicted octanol–water partition coefficient (Wildman–Crippen LogP) is 4.27. The first kappa shape index (κ1) is 58.0. The van der Waals surface area contributed by atoms with Crippen LogP contribution in [0.3, 0.4) is 0 Å². The second kappa shape index (κ2) is 24.2. The molecule has 2 aromatic rings. The molecular weight excluding hydrogens is 1010 g/mol. The number of nitrogens with two attached hydrogens (primary N) is 1. The quantitative estimate of drug-likeness (QED) is 0.0187. The first-order valence-corrected chi connectivity index (χ1v) is 28.2. The number of likely N-dealkylation sites (tertiary alicyclic amines) is 1. The molecule has 4 aliphatic rings. The number of primary amides is 1. The fourth-order valence-corrected chi connectivity index (χ4v) is 11.1. The Labute approximate surface area is 438 Å². The predicted molar refractivity (Wildman–Crippen MR) is 277 cm³/mol. The lowest BCUT2D eigenvalue weighted by atomic mass is 9.81. The van der Waals surface area contributed by atoms with Gasteiger partial charge in [0, 0.05) is 73.4 Å². The van der Waals surface area contributed by atoms with Crippen LogP contribution in [-0.4, -0.2) is 139 Å². The lowest BCUT2D eigenvalue weighted by Gasteiger charge is -2.27. The number of epoxide rings is 1. The number of ether oxygens (including phenoxy) is 2. The summed E-state index contributed by atoms with van der Waals surface area (Å²) >= 11 is 0. The SMILES string of the molecule is CCOC(=O)C1OC1C(=O)N(CC(N)=O)NC(=O)[C@@H]1CCCN1C(=O)CCCCCNC(=O)CCCCC[N+]1=C(/C=C/C=C/C=C2/N(CC)c3ccc(S(=O)(=O)O)cc3C2(C)C)C(C)(C)c2cc(S(=O)(=O)O)ccc21. The molecule has 2 saturated heterocycles. The summed E-state index contributed by atoms with van der Waals surface area (Å²) in [6, 6.07) is 8.33. The van der Waals surface area contributed by atoms with Crippen LogP contribution in [-0.2, 0) is 69.3 Å². The number of hydrazine groups is 1. The number of unbranched alkanes of at least 4 members (excludes halogenated alkanes) is 4. The van der Waals surface area contributed by atoms with Crippen LogP contribution in [0.5, 0.6) is 0 Å². The number of anilines is 1. The minimum atomic E-state index is -4.46. The number of benzene rings is 2. The van der Waals surface area contributed by atoms with E-state index < -0.39 is 79.6 Å². The summed E-state index contributed by atoms with van der Waals surface area (Å²) in [6.07, 6.45) is 12.5. The van der Waals surface area contributed by atoms with Gasteiger partial charge in [-0.05, 0) is 108 Å². The van der Waals surface area contributed by atoms with Crippen LogP contribution in [0.25, 0.3) is 0 Å². The van der Waals surface area contributed by atoms with Gasteiger partial charge in [-0.3, -0.25) is 38.5 Å². The maximum absolute atomic E-state index is 13.3. The average Bonchev–Trinajstić information content (AvgIpc) is 3.85. The van der Waals surface area contributed by atoms with Crippen molar-refractivity contribution >= 4 is 72.8 Å². The fourth-order valence-electron chi connectivity index (χ4n) is 10.1. The lowest BCUT2D eigenvalue weighted by molar-refractivity contribution is -0.438. The summed E-state index contributed by atoms with van der Waals surface area (Å²) in [5, 5.41) is 3.65. The van der Waals surface area contributed by atoms with Crippen molar-refractivity contribution in [3.05, 3.63) is 83.6 Å². The topological polar surface area (TPSA) is 296 Å². The summed E-state index contributed by atoms with van der Waals surface area (Å²) in [5.74, 6) is -3.50. The molecular formula is C52H70N7O14S2+. The van der Waals surface area contributed by atoms with Crippen molar-refractivity contribution in [2.45, 2.75) is 145 Å². The summed E-state index contributed by atoms with van der Waals surface area (Å²) < 4.78 is 80.0. The largest absolute Gasteiger partial charge is 0.464 e. The highest BCUT2D eigenvalue weighted by Gasteiger charge is 2.54. The molecule has 408 valence electrons. The van der Waals surface area contributed by atoms with Gasteiger partial charge in [-0.2, -0.15) is 21.4 Å². The van der Waals surface area contributed by atoms with Crippen LogP contribution >= 0.6 is 0 Å². The van der Waals surface area contributed by atoms with Gasteiger partial charge < -0.3 is 30.3 Å². The number of nitrogens with zero attached hydrogens (tertiary/aromatic N) is 4. The number of rotatable bonds is 24. The smallest absolute Gasteiger partial charge is 0.338 e. The normalized spacial score (nSPS) is 20.2. The molecule has 5 amide bonds. The highest BCUT2D eigenvalue weighted by molar-refractivity contribution is 7.86. The molecule has 2 aromatic carbocycles. The van der Waals surface area contributed by atoms with Crippen LogP contribution in [0.4, 0.5) is 11.4 Å². The van der Waals surface area contributed by atoms with Gasteiger partial charge >= 0.3 is 5.97 Å². The number of esters is 1. The minimum Gasteiger partial charge on any atom is -0.464 e. The van der Waals surface area contributed by atoms with Gasteiger partial charge in [-0.15, -0.1) is 0 Å². The summed E-state index contributed by atoms with van der Waals surface area (Å²) in [7, 11) is -8.85. The third-order valence-corrected chi connectivity index (χ3v) is 15.7. The Morgan fingerprint density at radius 2 is 1.52 bits per heavy atom. The molecule has 6 rings (SSSR count). The molecule has 6 N–H and O–H groups in total. The molecule has 0 saturated carbocycles. The van der Waals surface area contributed by atoms with Gasteiger partial charge in [0.05, 0.1) is 21.8 Å². The highest BCUT2D eigenvalue weighted by Crippen LogP contribution is 2.48. The van der Waals surface area contributed by atoms with Crippen LogP contribution in [0.15, 0.2) is 82.3 Å². The van der Waals surface area contributed by atoms with E-state index in [-0.39, 0.29) is 34.6 Å².